The smallest absolute Gasteiger partial charge is 0.411 e. The lowest BCUT2D eigenvalue weighted by Crippen LogP contribution is -2.60. The number of hydrogen-bond acceptors (Lipinski definition) is 10. The third-order valence-electron chi connectivity index (χ3n) is 15.9. The number of nitrogens with zero attached hydrogens (tertiary/aromatic N) is 4. The van der Waals surface area contributed by atoms with Crippen molar-refractivity contribution in [3.05, 3.63) is 143 Å². The van der Waals surface area contributed by atoms with E-state index in [0.29, 0.717) is 19.3 Å². The predicted octanol–water partition coefficient (Wildman–Crippen LogP) is 7.81. The summed E-state index contributed by atoms with van der Waals surface area (Å²) in [5.41, 5.74) is 2.84. The molecule has 1 unspecified atom stereocenters. The summed E-state index contributed by atoms with van der Waals surface area (Å²) >= 11 is 0. The molecule has 2 heterocycles. The molecule has 17 nitrogen and oxygen atoms in total. The fraction of sp³-hybridized carbons (Fsp3) is 0.500. The molecule has 3 N–H and O–H groups in total. The minimum absolute atomic E-state index is 0.0138. The number of likely N-dealkylation sites (tertiary alicyclic amines) is 1. The molecule has 0 bridgehead atoms. The summed E-state index contributed by atoms with van der Waals surface area (Å²) in [4.78, 5) is 108. The van der Waals surface area contributed by atoms with Crippen LogP contribution in [0.25, 0.3) is 0 Å². The lowest BCUT2D eigenvalue weighted by atomic mass is 9.85. The highest BCUT2D eigenvalue weighted by Gasteiger charge is 2.55. The Morgan fingerprint density at radius 3 is 2.05 bits per heavy atom. The van der Waals surface area contributed by atoms with Crippen LogP contribution >= 0.6 is 0 Å². The minimum Gasteiger partial charge on any atom is -0.445 e. The Balaban J connectivity index is 1.07. The van der Waals surface area contributed by atoms with Gasteiger partial charge in [-0.2, -0.15) is 0 Å². The van der Waals surface area contributed by atoms with E-state index in [2.05, 4.69) is 22.0 Å². The average Bonchev–Trinajstić information content (AvgIpc) is 4.34. The van der Waals surface area contributed by atoms with Crippen molar-refractivity contribution < 1.29 is 47.8 Å². The maximum absolute atomic E-state index is 15.7. The van der Waals surface area contributed by atoms with Crippen molar-refractivity contribution in [3.8, 4) is 0 Å². The summed E-state index contributed by atoms with van der Waals surface area (Å²) in [6, 6.07) is 28.7. The Hall–Kier alpha value is -7.27. The van der Waals surface area contributed by atoms with Gasteiger partial charge in [0, 0.05) is 39.7 Å². The quantitative estimate of drug-likeness (QED) is 0.0939. The molecule has 2 aliphatic heterocycles. The van der Waals surface area contributed by atoms with E-state index in [4.69, 9.17) is 14.2 Å². The molecule has 79 heavy (non-hydrogen) atoms. The number of benzene rings is 4. The van der Waals surface area contributed by atoms with Crippen molar-refractivity contribution in [3.63, 3.8) is 0 Å². The molecular formula is C62H79N7O10. The van der Waals surface area contributed by atoms with Gasteiger partial charge in [-0.05, 0) is 105 Å². The van der Waals surface area contributed by atoms with Crippen molar-refractivity contribution in [2.45, 2.75) is 154 Å². The summed E-state index contributed by atoms with van der Waals surface area (Å²) in [6.07, 6.45) is 2.31. The van der Waals surface area contributed by atoms with Crippen molar-refractivity contribution in [2.75, 3.05) is 33.9 Å². The van der Waals surface area contributed by atoms with Crippen LogP contribution in [-0.4, -0.2) is 131 Å². The molecule has 0 spiro atoms. The van der Waals surface area contributed by atoms with Crippen LogP contribution in [0.15, 0.2) is 109 Å². The van der Waals surface area contributed by atoms with Crippen LogP contribution in [0.4, 0.5) is 9.59 Å². The van der Waals surface area contributed by atoms with Gasteiger partial charge in [0.25, 0.3) is 0 Å². The van der Waals surface area contributed by atoms with Crippen LogP contribution in [0.2, 0.25) is 0 Å². The van der Waals surface area contributed by atoms with E-state index in [1.807, 2.05) is 124 Å². The Morgan fingerprint density at radius 1 is 0.772 bits per heavy atom. The lowest BCUT2D eigenvalue weighted by Gasteiger charge is -2.41. The highest BCUT2D eigenvalue weighted by Crippen LogP contribution is 2.48. The molecule has 4 aliphatic rings. The number of likely N-dealkylation sites (N-methyl/N-ethyl adjacent to an activating group) is 1. The van der Waals surface area contributed by atoms with Crippen LogP contribution in [0.5, 0.6) is 0 Å². The normalized spacial score (nSPS) is 20.5. The third-order valence-corrected chi connectivity index (χ3v) is 15.9. The molecular weight excluding hydrogens is 1000 g/mol. The van der Waals surface area contributed by atoms with E-state index >= 15 is 14.4 Å². The van der Waals surface area contributed by atoms with Gasteiger partial charge in [0.1, 0.15) is 36.4 Å². The highest BCUT2D eigenvalue weighted by molar-refractivity contribution is 5.95. The number of amides is 7. The number of nitrogens with one attached hydrogen (secondary N) is 3. The zero-order valence-corrected chi connectivity index (χ0v) is 47.3. The molecule has 2 aliphatic carbocycles. The molecule has 4 aromatic carbocycles. The Morgan fingerprint density at radius 2 is 1.41 bits per heavy atom. The Kier molecular flexibility index (Phi) is 17.9. The number of fused-ring (bicyclic) bond motifs is 2. The van der Waals surface area contributed by atoms with E-state index in [-0.39, 0.29) is 69.5 Å². The second kappa shape index (κ2) is 24.4. The third kappa shape index (κ3) is 13.8. The first kappa shape index (κ1) is 57.9. The molecule has 0 aromatic heterocycles. The SMILES string of the molecule is COC[C@@H](c1ccccc1)N(CC1(C(=O)N[C@H]2C[C@@H](C(=O)N[C@@H]3CCCc4ccccc43)N(C(=O)C(NC(=O)[C@H](C)N(C)C(=O)OC(C)(C)C)C(C)(C)C)C2)CC1)C(=O)[C@@H]1Cc2ccccc2CN1C(=O)OCc1ccccc1. The topological polar surface area (TPSA) is 196 Å². The molecule has 17 heteroatoms. The van der Waals surface area contributed by atoms with Gasteiger partial charge < -0.3 is 40.0 Å². The van der Waals surface area contributed by atoms with E-state index in [0.717, 1.165) is 46.2 Å². The van der Waals surface area contributed by atoms with Gasteiger partial charge in [0.15, 0.2) is 0 Å². The molecule has 2 fully saturated rings. The molecule has 1 saturated heterocycles. The van der Waals surface area contributed by atoms with Gasteiger partial charge in [0.2, 0.25) is 29.5 Å². The zero-order chi connectivity index (χ0) is 56.8. The number of carbonyl (C=O) groups excluding carboxylic acids is 7. The first-order chi connectivity index (χ1) is 37.6. The van der Waals surface area contributed by atoms with Gasteiger partial charge in [0.05, 0.1) is 30.7 Å². The van der Waals surface area contributed by atoms with Crippen molar-refractivity contribution >= 4 is 41.7 Å². The largest absolute Gasteiger partial charge is 0.445 e. The number of hydrogen-bond donors (Lipinski definition) is 3. The second-order valence-electron chi connectivity index (χ2n) is 23.9. The van der Waals surface area contributed by atoms with Gasteiger partial charge in [-0.1, -0.05) is 130 Å². The molecule has 7 amide bonds. The number of carbonyl (C=O) groups is 7. The van der Waals surface area contributed by atoms with Gasteiger partial charge >= 0.3 is 12.2 Å². The Labute approximate surface area is 465 Å². The summed E-state index contributed by atoms with van der Waals surface area (Å²) in [6.45, 7) is 12.4. The highest BCUT2D eigenvalue weighted by atomic mass is 16.6. The first-order valence-corrected chi connectivity index (χ1v) is 27.7. The van der Waals surface area contributed by atoms with E-state index < -0.39 is 76.7 Å². The molecule has 1 saturated carbocycles. The second-order valence-corrected chi connectivity index (χ2v) is 23.9. The monoisotopic (exact) mass is 1080 g/mol. The molecule has 7 atom stereocenters. The number of rotatable bonds is 17. The summed E-state index contributed by atoms with van der Waals surface area (Å²) < 4.78 is 17.3. The van der Waals surface area contributed by atoms with E-state index in [1.165, 1.54) is 21.7 Å². The molecule has 8 rings (SSSR count). The fourth-order valence-corrected chi connectivity index (χ4v) is 11.1. The van der Waals surface area contributed by atoms with Crippen LogP contribution in [0, 0.1) is 10.8 Å². The number of methoxy groups -OCH3 is 1. The van der Waals surface area contributed by atoms with Crippen LogP contribution in [0.3, 0.4) is 0 Å². The van der Waals surface area contributed by atoms with E-state index in [1.54, 1.807) is 39.7 Å². The molecule has 422 valence electrons. The first-order valence-electron chi connectivity index (χ1n) is 27.7. The maximum Gasteiger partial charge on any atom is 0.411 e. The van der Waals surface area contributed by atoms with Crippen LogP contribution in [-0.2, 0) is 64.2 Å². The van der Waals surface area contributed by atoms with Gasteiger partial charge in [-0.3, -0.25) is 33.8 Å². The zero-order valence-electron chi connectivity index (χ0n) is 47.3. The van der Waals surface area contributed by atoms with Crippen LogP contribution in [0.1, 0.15) is 126 Å². The summed E-state index contributed by atoms with van der Waals surface area (Å²) in [5, 5.41) is 9.43. The maximum atomic E-state index is 15.7. The summed E-state index contributed by atoms with van der Waals surface area (Å²) in [5.74, 6) is -2.18. The van der Waals surface area contributed by atoms with Crippen molar-refractivity contribution in [1.82, 2.24) is 35.6 Å². The van der Waals surface area contributed by atoms with Gasteiger partial charge in [-0.25, -0.2) is 9.59 Å². The summed E-state index contributed by atoms with van der Waals surface area (Å²) in [7, 11) is 3.02. The number of ether oxygens (including phenoxy) is 3. The van der Waals surface area contributed by atoms with Crippen molar-refractivity contribution in [1.29, 1.82) is 0 Å². The Bertz CT molecular complexity index is 2850. The van der Waals surface area contributed by atoms with E-state index in [9.17, 15) is 19.2 Å². The molecule has 4 aromatic rings. The lowest BCUT2D eigenvalue weighted by molar-refractivity contribution is -0.144. The predicted molar refractivity (Wildman–Crippen MR) is 298 cm³/mol. The fourth-order valence-electron chi connectivity index (χ4n) is 11.1. The molecule has 0 radical (unpaired) electrons. The van der Waals surface area contributed by atoms with Crippen molar-refractivity contribution in [2.24, 2.45) is 10.8 Å². The standard InChI is InChI=1S/C62H79N7O10/c1-40(66(8)58(75)79-61(5,6)7)53(70)65-52(60(2,3)4)56(73)67-36-46(34-49(67)54(71)64-48-30-20-28-42-23-18-19-29-47(42)48)63-57(74)62(31-32-62)39-69(51(38-77-9)43-24-14-11-15-25-43)55(72)50-33-44-26-16-17-27-45(44)35-68(50)59(76)78-37-41-21-12-10-13-22-41/h10-19,21-27,29,40,46,48-52H,20,28,30-39H2,1-9H3,(H,63,74)(H,64,71)(H,65,70)/t40-,46-,48+,49-,50-,51-,52?/m0/s1. The van der Waals surface area contributed by atoms with Crippen LogP contribution < -0.4 is 16.0 Å². The van der Waals surface area contributed by atoms with Gasteiger partial charge in [-0.15, -0.1) is 0 Å². The minimum atomic E-state index is -1.15. The number of aryl methyl sites for hydroxylation is 1. The average molecular weight is 1080 g/mol.